The fourth-order valence-electron chi connectivity index (χ4n) is 2.73. The van der Waals surface area contributed by atoms with Gasteiger partial charge >= 0.3 is 0 Å². The van der Waals surface area contributed by atoms with Gasteiger partial charge in [-0.05, 0) is 32.9 Å². The van der Waals surface area contributed by atoms with Gasteiger partial charge in [0.2, 0.25) is 17.8 Å². The highest BCUT2D eigenvalue weighted by Gasteiger charge is 2.27. The lowest BCUT2D eigenvalue weighted by atomic mass is 10.2. The van der Waals surface area contributed by atoms with E-state index in [-0.39, 0.29) is 0 Å². The molecule has 1 aromatic rings. The van der Waals surface area contributed by atoms with E-state index in [4.69, 9.17) is 0 Å². The summed E-state index contributed by atoms with van der Waals surface area (Å²) in [5.74, 6) is 2.04. The quantitative estimate of drug-likeness (QED) is 0.802. The van der Waals surface area contributed by atoms with Gasteiger partial charge < -0.3 is 15.5 Å². The molecule has 6 nitrogen and oxygen atoms in total. The molecule has 1 heterocycles. The summed E-state index contributed by atoms with van der Waals surface area (Å²) in [6.07, 6.45) is 5.91. The molecule has 1 aliphatic carbocycles. The molecule has 0 aliphatic heterocycles. The summed E-state index contributed by atoms with van der Waals surface area (Å²) in [4.78, 5) is 15.6. The van der Waals surface area contributed by atoms with Crippen LogP contribution >= 0.6 is 11.8 Å². The van der Waals surface area contributed by atoms with Gasteiger partial charge in [-0.15, -0.1) is 0 Å². The highest BCUT2D eigenvalue weighted by Crippen LogP contribution is 2.30. The number of hydrogen-bond donors (Lipinski definition) is 2. The van der Waals surface area contributed by atoms with Crippen LogP contribution in [0.4, 0.5) is 17.8 Å². The summed E-state index contributed by atoms with van der Waals surface area (Å²) in [5, 5.41) is 7.19. The molecule has 2 unspecified atom stereocenters. The lowest BCUT2D eigenvalue weighted by Gasteiger charge is -2.22. The van der Waals surface area contributed by atoms with Gasteiger partial charge in [-0.1, -0.05) is 6.42 Å². The third-order valence-corrected chi connectivity index (χ3v) is 5.13. The van der Waals surface area contributed by atoms with E-state index in [0.29, 0.717) is 23.2 Å². The Labute approximate surface area is 131 Å². The summed E-state index contributed by atoms with van der Waals surface area (Å²) < 4.78 is 0. The molecule has 2 rings (SSSR count). The normalized spacial score (nSPS) is 21.3. The maximum atomic E-state index is 4.60. The zero-order chi connectivity index (χ0) is 15.2. The van der Waals surface area contributed by atoms with Crippen molar-refractivity contribution in [2.24, 2.45) is 0 Å². The molecule has 118 valence electrons. The van der Waals surface area contributed by atoms with Crippen molar-refractivity contribution >= 4 is 29.6 Å². The second kappa shape index (κ2) is 7.68. The monoisotopic (exact) mass is 310 g/mol. The number of thioether (sulfide) groups is 1. The molecule has 2 atom stereocenters. The third kappa shape index (κ3) is 3.90. The number of nitrogens with one attached hydrogen (secondary N) is 2. The largest absolute Gasteiger partial charge is 0.357 e. The van der Waals surface area contributed by atoms with Crippen molar-refractivity contribution in [1.29, 1.82) is 0 Å². The minimum Gasteiger partial charge on any atom is -0.357 e. The fourth-order valence-corrected chi connectivity index (χ4v) is 3.66. The van der Waals surface area contributed by atoms with Gasteiger partial charge in [-0.2, -0.15) is 26.7 Å². The molecule has 0 bridgehead atoms. The van der Waals surface area contributed by atoms with E-state index in [2.05, 4.69) is 50.6 Å². The third-order valence-electron chi connectivity index (χ3n) is 3.96. The summed E-state index contributed by atoms with van der Waals surface area (Å²) in [7, 11) is 1.84. The highest BCUT2D eigenvalue weighted by atomic mass is 32.2. The van der Waals surface area contributed by atoms with Crippen molar-refractivity contribution in [2.75, 3.05) is 41.9 Å². The number of hydrogen-bond acceptors (Lipinski definition) is 7. The molecule has 2 N–H and O–H groups in total. The molecule has 7 heteroatoms. The standard InChI is InChI=1S/C14H26N6S/c1-5-20(6-2)14-18-12(15-3)17-13(19-14)16-10-8-7-9-11(10)21-4/h10-11H,5-9H2,1-4H3,(H2,15,16,17,18,19). The molecule has 21 heavy (non-hydrogen) atoms. The van der Waals surface area contributed by atoms with Crippen LogP contribution in [-0.2, 0) is 0 Å². The van der Waals surface area contributed by atoms with E-state index in [1.165, 1.54) is 19.3 Å². The fraction of sp³-hybridized carbons (Fsp3) is 0.786. The van der Waals surface area contributed by atoms with E-state index in [1.54, 1.807) is 0 Å². The zero-order valence-corrected chi connectivity index (χ0v) is 14.2. The van der Waals surface area contributed by atoms with Gasteiger partial charge in [0, 0.05) is 31.4 Å². The predicted octanol–water partition coefficient (Wildman–Crippen LogP) is 2.46. The van der Waals surface area contributed by atoms with Crippen LogP contribution in [0, 0.1) is 0 Å². The number of rotatable bonds is 7. The lowest BCUT2D eigenvalue weighted by molar-refractivity contribution is 0.749. The molecule has 1 fully saturated rings. The molecule has 0 amide bonds. The number of nitrogens with zero attached hydrogens (tertiary/aromatic N) is 4. The molecule has 0 spiro atoms. The van der Waals surface area contributed by atoms with Crippen molar-refractivity contribution in [2.45, 2.75) is 44.4 Å². The average Bonchev–Trinajstić information content (AvgIpc) is 2.95. The number of aromatic nitrogens is 3. The minimum absolute atomic E-state index is 0.455. The van der Waals surface area contributed by atoms with E-state index in [0.717, 1.165) is 19.0 Å². The topological polar surface area (TPSA) is 66.0 Å². The Hall–Kier alpha value is -1.24. The molecule has 1 aromatic heterocycles. The molecular formula is C14H26N6S. The van der Waals surface area contributed by atoms with Crippen LogP contribution < -0.4 is 15.5 Å². The SMILES string of the molecule is CCN(CC)c1nc(NC)nc(NC2CCCC2SC)n1. The predicted molar refractivity (Wildman–Crippen MR) is 91.5 cm³/mol. The van der Waals surface area contributed by atoms with Gasteiger partial charge in [0.05, 0.1) is 0 Å². The summed E-state index contributed by atoms with van der Waals surface area (Å²) in [5.41, 5.74) is 0. The first-order valence-corrected chi connectivity index (χ1v) is 8.98. The van der Waals surface area contributed by atoms with Gasteiger partial charge in [0.1, 0.15) is 0 Å². The van der Waals surface area contributed by atoms with Gasteiger partial charge in [-0.25, -0.2) is 0 Å². The van der Waals surface area contributed by atoms with Gasteiger partial charge in [0.25, 0.3) is 0 Å². The van der Waals surface area contributed by atoms with Gasteiger partial charge in [0.15, 0.2) is 0 Å². The molecule has 0 aromatic carbocycles. The molecule has 0 radical (unpaired) electrons. The van der Waals surface area contributed by atoms with Crippen molar-refractivity contribution in [3.05, 3.63) is 0 Å². The number of anilines is 3. The Kier molecular flexibility index (Phi) is 5.90. The minimum atomic E-state index is 0.455. The van der Waals surface area contributed by atoms with Crippen LogP contribution in [0.15, 0.2) is 0 Å². The van der Waals surface area contributed by atoms with Crippen molar-refractivity contribution < 1.29 is 0 Å². The van der Waals surface area contributed by atoms with Crippen molar-refractivity contribution in [1.82, 2.24) is 15.0 Å². The maximum Gasteiger partial charge on any atom is 0.231 e. The molecule has 0 saturated heterocycles. The van der Waals surface area contributed by atoms with Crippen molar-refractivity contribution in [3.63, 3.8) is 0 Å². The molecule has 1 aliphatic rings. The Morgan fingerprint density at radius 1 is 1.14 bits per heavy atom. The summed E-state index contributed by atoms with van der Waals surface area (Å²) >= 11 is 1.93. The summed E-state index contributed by atoms with van der Waals surface area (Å²) in [6, 6.07) is 0.455. The van der Waals surface area contributed by atoms with Crippen LogP contribution in [-0.4, -0.2) is 52.6 Å². The van der Waals surface area contributed by atoms with E-state index >= 15 is 0 Å². The Morgan fingerprint density at radius 2 is 1.86 bits per heavy atom. The first kappa shape index (κ1) is 16.1. The second-order valence-electron chi connectivity index (χ2n) is 5.16. The van der Waals surface area contributed by atoms with Crippen LogP contribution in [0.25, 0.3) is 0 Å². The Bertz CT molecular complexity index is 451. The maximum absolute atomic E-state index is 4.60. The van der Waals surface area contributed by atoms with E-state index in [1.807, 2.05) is 18.8 Å². The van der Waals surface area contributed by atoms with E-state index in [9.17, 15) is 0 Å². The second-order valence-corrected chi connectivity index (χ2v) is 6.24. The highest BCUT2D eigenvalue weighted by molar-refractivity contribution is 7.99. The Balaban J connectivity index is 2.20. The first-order chi connectivity index (χ1) is 10.2. The van der Waals surface area contributed by atoms with Crippen LogP contribution in [0.2, 0.25) is 0 Å². The van der Waals surface area contributed by atoms with Crippen LogP contribution in [0.3, 0.4) is 0 Å². The Morgan fingerprint density at radius 3 is 2.48 bits per heavy atom. The first-order valence-electron chi connectivity index (χ1n) is 7.69. The smallest absolute Gasteiger partial charge is 0.231 e. The van der Waals surface area contributed by atoms with Crippen LogP contribution in [0.1, 0.15) is 33.1 Å². The van der Waals surface area contributed by atoms with E-state index < -0.39 is 0 Å². The zero-order valence-electron chi connectivity index (χ0n) is 13.4. The average molecular weight is 310 g/mol. The van der Waals surface area contributed by atoms with Gasteiger partial charge in [-0.3, -0.25) is 0 Å². The summed E-state index contributed by atoms with van der Waals surface area (Å²) in [6.45, 7) is 6.00. The van der Waals surface area contributed by atoms with Crippen molar-refractivity contribution in [3.8, 4) is 0 Å². The molecule has 1 saturated carbocycles. The molecular weight excluding hydrogens is 284 g/mol. The lowest BCUT2D eigenvalue weighted by Crippen LogP contribution is -2.29. The van der Waals surface area contributed by atoms with Crippen LogP contribution in [0.5, 0.6) is 0 Å².